The number of ether oxygens (including phenoxy) is 1. The van der Waals surface area contributed by atoms with E-state index in [1.807, 2.05) is 50.2 Å². The third-order valence-corrected chi connectivity index (χ3v) is 4.98. The van der Waals surface area contributed by atoms with Gasteiger partial charge in [0, 0.05) is 4.90 Å². The topological polar surface area (TPSA) is 41.9 Å². The van der Waals surface area contributed by atoms with Crippen molar-refractivity contribution in [3.63, 3.8) is 0 Å². The van der Waals surface area contributed by atoms with Crippen molar-refractivity contribution < 1.29 is 9.53 Å². The summed E-state index contributed by atoms with van der Waals surface area (Å²) in [5.74, 6) is 0.741. The van der Waals surface area contributed by atoms with Crippen molar-refractivity contribution in [2.45, 2.75) is 24.0 Å². The molecule has 0 aliphatic carbocycles. The monoisotopic (exact) mass is 326 g/mol. The highest BCUT2D eigenvalue weighted by Gasteiger charge is 2.35. The quantitative estimate of drug-likeness (QED) is 0.856. The number of amides is 1. The van der Waals surface area contributed by atoms with Gasteiger partial charge in [0.1, 0.15) is 11.0 Å². The number of carbonyl (C=O) groups is 1. The van der Waals surface area contributed by atoms with Gasteiger partial charge in [-0.3, -0.25) is 4.79 Å². The Bertz CT molecular complexity index is 739. The smallest absolute Gasteiger partial charge is 0.266 e. The Morgan fingerprint density at radius 3 is 2.30 bits per heavy atom. The summed E-state index contributed by atoms with van der Waals surface area (Å²) in [6.07, 6.45) is 0. The Morgan fingerprint density at radius 1 is 1.04 bits per heavy atom. The van der Waals surface area contributed by atoms with Crippen molar-refractivity contribution in [2.24, 2.45) is 5.10 Å². The molecule has 1 unspecified atom stereocenters. The largest absolute Gasteiger partial charge is 0.497 e. The van der Waals surface area contributed by atoms with Crippen molar-refractivity contribution in [1.82, 2.24) is 0 Å². The van der Waals surface area contributed by atoms with Crippen LogP contribution in [0.1, 0.15) is 12.5 Å². The summed E-state index contributed by atoms with van der Waals surface area (Å²) in [5, 5.41) is 5.62. The number of aryl methyl sites for hydroxylation is 1. The van der Waals surface area contributed by atoms with Crippen LogP contribution in [0.5, 0.6) is 5.75 Å². The fraction of sp³-hybridized carbons (Fsp3) is 0.222. The van der Waals surface area contributed by atoms with Crippen molar-refractivity contribution in [1.29, 1.82) is 0 Å². The van der Waals surface area contributed by atoms with Gasteiger partial charge in [-0.1, -0.05) is 17.7 Å². The molecule has 0 bridgehead atoms. The van der Waals surface area contributed by atoms with Gasteiger partial charge >= 0.3 is 0 Å². The molecule has 3 rings (SSSR count). The summed E-state index contributed by atoms with van der Waals surface area (Å²) in [6.45, 7) is 3.95. The molecule has 0 aromatic heterocycles. The maximum atomic E-state index is 12.7. The number of methoxy groups -OCH3 is 1. The number of hydrogen-bond donors (Lipinski definition) is 0. The lowest BCUT2D eigenvalue weighted by Gasteiger charge is -2.14. The first-order valence-corrected chi connectivity index (χ1v) is 8.23. The second-order valence-electron chi connectivity index (χ2n) is 5.40. The highest BCUT2D eigenvalue weighted by atomic mass is 32.2. The van der Waals surface area contributed by atoms with Gasteiger partial charge in [0.05, 0.1) is 18.5 Å². The number of benzene rings is 2. The molecule has 1 atom stereocenters. The molecule has 2 aromatic carbocycles. The molecule has 2 aromatic rings. The van der Waals surface area contributed by atoms with E-state index >= 15 is 0 Å². The summed E-state index contributed by atoms with van der Waals surface area (Å²) in [5.41, 5.74) is 2.77. The molecule has 5 heteroatoms. The van der Waals surface area contributed by atoms with Gasteiger partial charge < -0.3 is 4.74 Å². The molecule has 1 aliphatic heterocycles. The SMILES string of the molecule is COc1ccc(N2N=C(C)C(Sc3ccc(C)cc3)C2=O)cc1. The van der Waals surface area contributed by atoms with E-state index in [1.165, 1.54) is 22.3 Å². The lowest BCUT2D eigenvalue weighted by molar-refractivity contribution is -0.116. The number of nitrogens with zero attached hydrogens (tertiary/aromatic N) is 2. The normalized spacial score (nSPS) is 17.3. The average Bonchev–Trinajstić information content (AvgIpc) is 2.85. The van der Waals surface area contributed by atoms with E-state index in [-0.39, 0.29) is 11.2 Å². The zero-order chi connectivity index (χ0) is 16.4. The van der Waals surface area contributed by atoms with Gasteiger partial charge in [-0.25, -0.2) is 0 Å². The lowest BCUT2D eigenvalue weighted by atomic mass is 10.2. The van der Waals surface area contributed by atoms with E-state index in [4.69, 9.17) is 4.74 Å². The first kappa shape index (κ1) is 15.6. The number of anilines is 1. The van der Waals surface area contributed by atoms with Gasteiger partial charge in [-0.15, -0.1) is 11.8 Å². The number of hydrogen-bond acceptors (Lipinski definition) is 4. The number of carbonyl (C=O) groups excluding carboxylic acids is 1. The first-order chi connectivity index (χ1) is 11.1. The standard InChI is InChI=1S/C18H18N2O2S/c1-12-4-10-16(11-5-12)23-17-13(2)19-20(18(17)21)14-6-8-15(22-3)9-7-14/h4-11,17H,1-3H3. The Morgan fingerprint density at radius 2 is 1.70 bits per heavy atom. The van der Waals surface area contributed by atoms with E-state index in [2.05, 4.69) is 17.2 Å². The van der Waals surface area contributed by atoms with Crippen LogP contribution in [-0.2, 0) is 4.79 Å². The third kappa shape index (κ3) is 3.24. The molecule has 0 saturated carbocycles. The fourth-order valence-electron chi connectivity index (χ4n) is 2.35. The zero-order valence-electron chi connectivity index (χ0n) is 13.3. The fourth-order valence-corrected chi connectivity index (χ4v) is 3.33. The summed E-state index contributed by atoms with van der Waals surface area (Å²) in [4.78, 5) is 13.8. The Balaban J connectivity index is 1.78. The van der Waals surface area contributed by atoms with E-state index in [0.717, 1.165) is 22.0 Å². The van der Waals surface area contributed by atoms with Gasteiger partial charge in [0.25, 0.3) is 5.91 Å². The van der Waals surface area contributed by atoms with Gasteiger partial charge in [-0.05, 0) is 50.2 Å². The molecule has 0 saturated heterocycles. The molecule has 23 heavy (non-hydrogen) atoms. The molecular formula is C18H18N2O2S. The van der Waals surface area contributed by atoms with E-state index in [1.54, 1.807) is 7.11 Å². The molecule has 4 nitrogen and oxygen atoms in total. The minimum atomic E-state index is -0.278. The maximum absolute atomic E-state index is 12.7. The molecular weight excluding hydrogens is 308 g/mol. The zero-order valence-corrected chi connectivity index (χ0v) is 14.1. The Labute approximate surface area is 140 Å². The van der Waals surface area contributed by atoms with Gasteiger partial charge in [0.15, 0.2) is 0 Å². The number of hydrazone groups is 1. The van der Waals surface area contributed by atoms with Crippen LogP contribution in [-0.4, -0.2) is 24.0 Å². The third-order valence-electron chi connectivity index (χ3n) is 3.66. The van der Waals surface area contributed by atoms with Crippen LogP contribution < -0.4 is 9.75 Å². The second kappa shape index (κ2) is 6.46. The van der Waals surface area contributed by atoms with Crippen LogP contribution in [0.2, 0.25) is 0 Å². The molecule has 0 spiro atoms. The van der Waals surface area contributed by atoms with E-state index in [9.17, 15) is 4.79 Å². The van der Waals surface area contributed by atoms with Crippen molar-refractivity contribution >= 4 is 29.1 Å². The first-order valence-electron chi connectivity index (χ1n) is 7.35. The summed E-state index contributed by atoms with van der Waals surface area (Å²) in [6, 6.07) is 15.5. The Kier molecular flexibility index (Phi) is 4.39. The highest BCUT2D eigenvalue weighted by molar-refractivity contribution is 8.01. The molecule has 1 aliphatic rings. The summed E-state index contributed by atoms with van der Waals surface area (Å²) in [7, 11) is 1.62. The summed E-state index contributed by atoms with van der Waals surface area (Å²) >= 11 is 1.54. The van der Waals surface area contributed by atoms with Gasteiger partial charge in [-0.2, -0.15) is 10.1 Å². The van der Waals surface area contributed by atoms with Crippen molar-refractivity contribution in [3.05, 3.63) is 54.1 Å². The van der Waals surface area contributed by atoms with Crippen LogP contribution in [0.3, 0.4) is 0 Å². The van der Waals surface area contributed by atoms with Crippen LogP contribution >= 0.6 is 11.8 Å². The minimum absolute atomic E-state index is 0.0155. The van der Waals surface area contributed by atoms with Crippen molar-refractivity contribution in [2.75, 3.05) is 12.1 Å². The summed E-state index contributed by atoms with van der Waals surface area (Å²) < 4.78 is 5.15. The molecule has 1 heterocycles. The van der Waals surface area contributed by atoms with Crippen LogP contribution in [0, 0.1) is 6.92 Å². The van der Waals surface area contributed by atoms with E-state index < -0.39 is 0 Å². The molecule has 0 N–H and O–H groups in total. The average molecular weight is 326 g/mol. The molecule has 118 valence electrons. The minimum Gasteiger partial charge on any atom is -0.497 e. The van der Waals surface area contributed by atoms with Crippen molar-refractivity contribution in [3.8, 4) is 5.75 Å². The second-order valence-corrected chi connectivity index (χ2v) is 6.58. The number of rotatable bonds is 4. The van der Waals surface area contributed by atoms with Crippen LogP contribution in [0.4, 0.5) is 5.69 Å². The maximum Gasteiger partial charge on any atom is 0.266 e. The van der Waals surface area contributed by atoms with Crippen LogP contribution in [0.15, 0.2) is 58.5 Å². The molecule has 0 radical (unpaired) electrons. The van der Waals surface area contributed by atoms with Crippen LogP contribution in [0.25, 0.3) is 0 Å². The Hall–Kier alpha value is -2.27. The van der Waals surface area contributed by atoms with E-state index in [0.29, 0.717) is 0 Å². The predicted octanol–water partition coefficient (Wildman–Crippen LogP) is 3.89. The lowest BCUT2D eigenvalue weighted by Crippen LogP contribution is -2.28. The molecule has 0 fully saturated rings. The highest BCUT2D eigenvalue weighted by Crippen LogP contribution is 2.32. The predicted molar refractivity (Wildman–Crippen MR) is 94.4 cm³/mol. The molecule has 1 amide bonds. The van der Waals surface area contributed by atoms with Gasteiger partial charge in [0.2, 0.25) is 0 Å². The number of thioether (sulfide) groups is 1.